The summed E-state index contributed by atoms with van der Waals surface area (Å²) in [5.41, 5.74) is 5.30. The summed E-state index contributed by atoms with van der Waals surface area (Å²) in [6, 6.07) is 1.49. The third-order valence-electron chi connectivity index (χ3n) is 1.68. The van der Waals surface area contributed by atoms with Crippen molar-refractivity contribution in [1.29, 1.82) is 0 Å². The van der Waals surface area contributed by atoms with E-state index in [0.29, 0.717) is 10.0 Å². The zero-order valence-electron chi connectivity index (χ0n) is 7.43. The molecule has 0 fully saturated rings. The Labute approximate surface area is 88.4 Å². The topological polar surface area (TPSA) is 48.1 Å². The fraction of sp³-hybridized carbons (Fsp3) is 0.375. The molecule has 0 aliphatic rings. The largest absolute Gasteiger partial charge is 0.480 e. The summed E-state index contributed by atoms with van der Waals surface area (Å²) in [6.45, 7) is 0.0231. The van der Waals surface area contributed by atoms with Crippen molar-refractivity contribution in [3.63, 3.8) is 0 Å². The standard InChI is InChI=1S/C8H9BrF2N2O/c1-14-8-5(9)2-4(3-12)6(13-8)7(10)11/h2,7H,3,12H2,1H3. The Hall–Kier alpha value is -0.750. The minimum Gasteiger partial charge on any atom is -0.480 e. The minimum atomic E-state index is -2.64. The Bertz CT molecular complexity index is 333. The summed E-state index contributed by atoms with van der Waals surface area (Å²) in [6.07, 6.45) is -2.64. The molecule has 0 atom stereocenters. The van der Waals surface area contributed by atoms with Crippen LogP contribution in [0.25, 0.3) is 0 Å². The Morgan fingerprint density at radius 2 is 2.29 bits per heavy atom. The highest BCUT2D eigenvalue weighted by molar-refractivity contribution is 9.10. The van der Waals surface area contributed by atoms with Gasteiger partial charge in [-0.25, -0.2) is 13.8 Å². The van der Waals surface area contributed by atoms with Crippen molar-refractivity contribution in [2.45, 2.75) is 13.0 Å². The fourth-order valence-corrected chi connectivity index (χ4v) is 1.55. The van der Waals surface area contributed by atoms with E-state index in [4.69, 9.17) is 10.5 Å². The highest BCUT2D eigenvalue weighted by Gasteiger charge is 2.17. The van der Waals surface area contributed by atoms with Crippen LogP contribution in [-0.4, -0.2) is 12.1 Å². The number of alkyl halides is 2. The first-order chi connectivity index (χ1) is 6.60. The van der Waals surface area contributed by atoms with Crippen molar-refractivity contribution in [3.8, 4) is 5.88 Å². The molecule has 1 heterocycles. The SMILES string of the molecule is COc1nc(C(F)F)c(CN)cc1Br. The predicted molar refractivity (Wildman–Crippen MR) is 51.3 cm³/mol. The van der Waals surface area contributed by atoms with Gasteiger partial charge in [0, 0.05) is 6.54 Å². The lowest BCUT2D eigenvalue weighted by Gasteiger charge is -2.09. The highest BCUT2D eigenvalue weighted by atomic mass is 79.9. The van der Waals surface area contributed by atoms with Gasteiger partial charge in [-0.05, 0) is 27.6 Å². The van der Waals surface area contributed by atoms with Gasteiger partial charge in [0.1, 0.15) is 5.69 Å². The van der Waals surface area contributed by atoms with E-state index in [1.54, 1.807) is 0 Å². The maximum atomic E-state index is 12.5. The number of ether oxygens (including phenoxy) is 1. The van der Waals surface area contributed by atoms with Crippen molar-refractivity contribution in [1.82, 2.24) is 4.98 Å². The summed E-state index contributed by atoms with van der Waals surface area (Å²) < 4.78 is 30.3. The molecule has 1 aromatic heterocycles. The molecule has 3 nitrogen and oxygen atoms in total. The lowest BCUT2D eigenvalue weighted by atomic mass is 10.2. The molecule has 0 saturated carbocycles. The first-order valence-corrected chi connectivity index (χ1v) is 4.61. The molecule has 0 aromatic carbocycles. The van der Waals surface area contributed by atoms with Crippen molar-refractivity contribution in [2.75, 3.05) is 7.11 Å². The lowest BCUT2D eigenvalue weighted by Crippen LogP contribution is -2.06. The van der Waals surface area contributed by atoms with Gasteiger partial charge in [0.05, 0.1) is 11.6 Å². The number of rotatable bonds is 3. The van der Waals surface area contributed by atoms with Crippen LogP contribution in [0.4, 0.5) is 8.78 Å². The van der Waals surface area contributed by atoms with Crippen molar-refractivity contribution < 1.29 is 13.5 Å². The number of methoxy groups -OCH3 is 1. The molecular formula is C8H9BrF2N2O. The number of hydrogen-bond donors (Lipinski definition) is 1. The van der Waals surface area contributed by atoms with E-state index in [1.807, 2.05) is 0 Å². The van der Waals surface area contributed by atoms with Crippen molar-refractivity contribution in [2.24, 2.45) is 5.73 Å². The molecule has 2 N–H and O–H groups in total. The lowest BCUT2D eigenvalue weighted by molar-refractivity contribution is 0.143. The molecule has 6 heteroatoms. The van der Waals surface area contributed by atoms with Gasteiger partial charge in [-0.3, -0.25) is 0 Å². The van der Waals surface area contributed by atoms with E-state index < -0.39 is 6.43 Å². The van der Waals surface area contributed by atoms with Gasteiger partial charge >= 0.3 is 0 Å². The second-order valence-electron chi connectivity index (χ2n) is 2.53. The van der Waals surface area contributed by atoms with E-state index in [0.717, 1.165) is 0 Å². The predicted octanol–water partition coefficient (Wildman–Crippen LogP) is 2.25. The van der Waals surface area contributed by atoms with Crippen LogP contribution in [0.1, 0.15) is 17.7 Å². The van der Waals surface area contributed by atoms with Crippen LogP contribution in [0.15, 0.2) is 10.5 Å². The molecule has 14 heavy (non-hydrogen) atoms. The second kappa shape index (κ2) is 4.65. The summed E-state index contributed by atoms with van der Waals surface area (Å²) in [7, 11) is 1.37. The monoisotopic (exact) mass is 266 g/mol. The number of nitrogens with zero attached hydrogens (tertiary/aromatic N) is 1. The first kappa shape index (κ1) is 11.3. The molecule has 0 amide bonds. The highest BCUT2D eigenvalue weighted by Crippen LogP contribution is 2.29. The molecule has 0 saturated heterocycles. The van der Waals surface area contributed by atoms with Crippen molar-refractivity contribution in [3.05, 3.63) is 21.8 Å². The molecule has 0 spiro atoms. The third kappa shape index (κ3) is 2.19. The average molecular weight is 267 g/mol. The second-order valence-corrected chi connectivity index (χ2v) is 3.38. The average Bonchev–Trinajstić information content (AvgIpc) is 2.16. The van der Waals surface area contributed by atoms with Gasteiger partial charge in [-0.1, -0.05) is 0 Å². The number of halogens is 3. The molecule has 0 radical (unpaired) electrons. The fourth-order valence-electron chi connectivity index (χ4n) is 1.02. The normalized spacial score (nSPS) is 10.7. The van der Waals surface area contributed by atoms with Crippen LogP contribution in [-0.2, 0) is 6.54 Å². The maximum absolute atomic E-state index is 12.5. The van der Waals surface area contributed by atoms with Crippen LogP contribution in [0.5, 0.6) is 5.88 Å². The number of hydrogen-bond acceptors (Lipinski definition) is 3. The van der Waals surface area contributed by atoms with Gasteiger partial charge in [0.25, 0.3) is 6.43 Å². The zero-order valence-corrected chi connectivity index (χ0v) is 9.01. The first-order valence-electron chi connectivity index (χ1n) is 3.81. The Morgan fingerprint density at radius 3 is 2.71 bits per heavy atom. The maximum Gasteiger partial charge on any atom is 0.280 e. The van der Waals surface area contributed by atoms with Gasteiger partial charge in [0.2, 0.25) is 5.88 Å². The molecule has 0 bridgehead atoms. The van der Waals surface area contributed by atoms with Gasteiger partial charge in [-0.15, -0.1) is 0 Å². The van der Waals surface area contributed by atoms with Gasteiger partial charge in [-0.2, -0.15) is 0 Å². The molecular weight excluding hydrogens is 258 g/mol. The van der Waals surface area contributed by atoms with Crippen LogP contribution < -0.4 is 10.5 Å². The molecule has 0 unspecified atom stereocenters. The Morgan fingerprint density at radius 1 is 1.64 bits per heavy atom. The van der Waals surface area contributed by atoms with E-state index in [-0.39, 0.29) is 18.1 Å². The summed E-state index contributed by atoms with van der Waals surface area (Å²) >= 11 is 3.14. The van der Waals surface area contributed by atoms with E-state index in [1.165, 1.54) is 13.2 Å². The smallest absolute Gasteiger partial charge is 0.280 e. The minimum absolute atomic E-state index is 0.0231. The van der Waals surface area contributed by atoms with Gasteiger partial charge in [0.15, 0.2) is 0 Å². The Balaban J connectivity index is 3.25. The van der Waals surface area contributed by atoms with E-state index in [9.17, 15) is 8.78 Å². The summed E-state index contributed by atoms with van der Waals surface area (Å²) in [4.78, 5) is 3.66. The van der Waals surface area contributed by atoms with Crippen LogP contribution in [0.3, 0.4) is 0 Å². The van der Waals surface area contributed by atoms with Crippen LogP contribution in [0, 0.1) is 0 Å². The molecule has 78 valence electrons. The summed E-state index contributed by atoms with van der Waals surface area (Å²) in [5.74, 6) is 0.137. The number of aromatic nitrogens is 1. The van der Waals surface area contributed by atoms with Gasteiger partial charge < -0.3 is 10.5 Å². The third-order valence-corrected chi connectivity index (χ3v) is 2.24. The molecule has 0 aliphatic heterocycles. The zero-order chi connectivity index (χ0) is 10.7. The van der Waals surface area contributed by atoms with Crippen LogP contribution >= 0.6 is 15.9 Å². The number of nitrogens with two attached hydrogens (primary N) is 1. The molecule has 1 aromatic rings. The number of pyridine rings is 1. The quantitative estimate of drug-likeness (QED) is 0.913. The summed E-state index contributed by atoms with van der Waals surface area (Å²) in [5, 5.41) is 0. The Kier molecular flexibility index (Phi) is 3.77. The molecule has 1 rings (SSSR count). The van der Waals surface area contributed by atoms with E-state index in [2.05, 4.69) is 20.9 Å². The van der Waals surface area contributed by atoms with Crippen LogP contribution in [0.2, 0.25) is 0 Å². The van der Waals surface area contributed by atoms with E-state index >= 15 is 0 Å². The molecule has 0 aliphatic carbocycles. The van der Waals surface area contributed by atoms with Crippen molar-refractivity contribution >= 4 is 15.9 Å².